The molecular weight excluding hydrogens is 362 g/mol. The molecule has 27 heavy (non-hydrogen) atoms. The predicted octanol–water partition coefficient (Wildman–Crippen LogP) is 2.46. The fourth-order valence-corrected chi connectivity index (χ4v) is 6.81. The molecule has 8 heteroatoms. The molecule has 1 N–H and O–H groups in total. The van der Waals surface area contributed by atoms with E-state index in [1.807, 2.05) is 25.5 Å². The summed E-state index contributed by atoms with van der Waals surface area (Å²) in [6.45, 7) is 0. The molecule has 2 aromatic rings. The number of fused-ring (bicyclic) bond motifs is 1. The Hall–Kier alpha value is -1.96. The van der Waals surface area contributed by atoms with Crippen LogP contribution in [0.2, 0.25) is 0 Å². The summed E-state index contributed by atoms with van der Waals surface area (Å²) >= 11 is 0. The van der Waals surface area contributed by atoms with E-state index in [4.69, 9.17) is 0 Å². The normalized spacial score (nSPS) is 28.7. The van der Waals surface area contributed by atoms with Crippen LogP contribution >= 0.6 is 0 Å². The van der Waals surface area contributed by atoms with Gasteiger partial charge in [-0.05, 0) is 50.0 Å². The van der Waals surface area contributed by atoms with Gasteiger partial charge in [-0.15, -0.1) is 0 Å². The number of aromatic amines is 1. The minimum Gasteiger partial charge on any atom is -0.356 e. The van der Waals surface area contributed by atoms with Gasteiger partial charge in [0, 0.05) is 32.5 Å². The van der Waals surface area contributed by atoms with Crippen molar-refractivity contribution < 1.29 is 8.42 Å². The van der Waals surface area contributed by atoms with Gasteiger partial charge >= 0.3 is 0 Å². The molecule has 0 spiro atoms. The van der Waals surface area contributed by atoms with Crippen molar-refractivity contribution in [3.63, 3.8) is 0 Å². The maximum Gasteiger partial charge on any atom is 0.153 e. The maximum atomic E-state index is 12.8. The standard InChI is InChI=1S/C19H27N5O2S/c1-20-10-13-3-4-16(9-13)27(25,26)11-14-7-15(8-14)24(2)19-17-5-6-21-18(17)22-12-23-19/h5-6,10,12-16H,3-4,7-9,11H2,1-2H3,(H,21,22,23)/b20-10-/t13?,14-,15+,16?. The molecule has 146 valence electrons. The van der Waals surface area contributed by atoms with Crippen molar-refractivity contribution in [2.24, 2.45) is 16.8 Å². The fourth-order valence-electron chi connectivity index (χ4n) is 4.58. The molecule has 2 unspecified atom stereocenters. The van der Waals surface area contributed by atoms with E-state index >= 15 is 0 Å². The number of hydrogen-bond donors (Lipinski definition) is 1. The minimum atomic E-state index is -3.02. The van der Waals surface area contributed by atoms with Gasteiger partial charge < -0.3 is 14.9 Å². The molecule has 0 radical (unpaired) electrons. The summed E-state index contributed by atoms with van der Waals surface area (Å²) in [5.41, 5.74) is 0.830. The molecule has 0 saturated heterocycles. The van der Waals surface area contributed by atoms with Crippen molar-refractivity contribution in [3.8, 4) is 0 Å². The zero-order chi connectivity index (χ0) is 19.0. The second-order valence-corrected chi connectivity index (χ2v) is 10.3. The van der Waals surface area contributed by atoms with Crippen molar-refractivity contribution in [3.05, 3.63) is 18.6 Å². The maximum absolute atomic E-state index is 12.8. The van der Waals surface area contributed by atoms with Gasteiger partial charge in [-0.2, -0.15) is 0 Å². The van der Waals surface area contributed by atoms with Crippen LogP contribution in [0.25, 0.3) is 11.0 Å². The third-order valence-corrected chi connectivity index (χ3v) is 8.57. The van der Waals surface area contributed by atoms with Gasteiger partial charge in [0.05, 0.1) is 16.4 Å². The SMILES string of the molecule is C/N=C\C1CCC(S(=O)(=O)C[C@H]2C[C@@H](N(C)c3ncnc4[nH]ccc34)C2)C1. The van der Waals surface area contributed by atoms with Gasteiger partial charge in [0.15, 0.2) is 9.84 Å². The average molecular weight is 390 g/mol. The van der Waals surface area contributed by atoms with Crippen LogP contribution < -0.4 is 4.90 Å². The van der Waals surface area contributed by atoms with Crippen LogP contribution in [-0.4, -0.2) is 60.7 Å². The number of nitrogens with one attached hydrogen (secondary N) is 1. The Labute approximate surface area is 160 Å². The first-order chi connectivity index (χ1) is 13.0. The third-order valence-electron chi connectivity index (χ3n) is 6.19. The van der Waals surface area contributed by atoms with Crippen LogP contribution in [0.5, 0.6) is 0 Å². The minimum absolute atomic E-state index is 0.182. The molecule has 0 bridgehead atoms. The largest absolute Gasteiger partial charge is 0.356 e. The Kier molecular flexibility index (Phi) is 4.92. The van der Waals surface area contributed by atoms with Gasteiger partial charge in [-0.25, -0.2) is 18.4 Å². The Morgan fingerprint density at radius 3 is 2.89 bits per heavy atom. The first kappa shape index (κ1) is 18.4. The highest BCUT2D eigenvalue weighted by atomic mass is 32.2. The highest BCUT2D eigenvalue weighted by Crippen LogP contribution is 2.38. The predicted molar refractivity (Wildman–Crippen MR) is 108 cm³/mol. The zero-order valence-corrected chi connectivity index (χ0v) is 16.7. The van der Waals surface area contributed by atoms with E-state index < -0.39 is 9.84 Å². The molecule has 2 aromatic heterocycles. The average Bonchev–Trinajstić information content (AvgIpc) is 3.26. The Balaban J connectivity index is 1.35. The molecule has 2 saturated carbocycles. The molecule has 0 aliphatic heterocycles. The summed E-state index contributed by atoms with van der Waals surface area (Å²) in [5, 5.41) is 0.823. The van der Waals surface area contributed by atoms with Gasteiger partial charge in [-0.3, -0.25) is 0 Å². The van der Waals surface area contributed by atoms with Crippen LogP contribution in [0, 0.1) is 11.8 Å². The van der Waals surface area contributed by atoms with Gasteiger partial charge in [0.1, 0.15) is 17.8 Å². The molecule has 2 fully saturated rings. The lowest BCUT2D eigenvalue weighted by Crippen LogP contribution is -2.46. The lowest BCUT2D eigenvalue weighted by Gasteiger charge is -2.42. The van der Waals surface area contributed by atoms with E-state index in [-0.39, 0.29) is 11.2 Å². The fraction of sp³-hybridized carbons (Fsp3) is 0.632. The van der Waals surface area contributed by atoms with Crippen molar-refractivity contribution >= 4 is 32.9 Å². The van der Waals surface area contributed by atoms with E-state index in [1.165, 1.54) is 0 Å². The number of aliphatic imine (C=N–C) groups is 1. The number of hydrogen-bond acceptors (Lipinski definition) is 6. The highest BCUT2D eigenvalue weighted by Gasteiger charge is 2.40. The molecule has 2 aliphatic rings. The van der Waals surface area contributed by atoms with Gasteiger partial charge in [0.25, 0.3) is 0 Å². The second kappa shape index (κ2) is 7.22. The Morgan fingerprint density at radius 2 is 2.11 bits per heavy atom. The van der Waals surface area contributed by atoms with Gasteiger partial charge in [-0.1, -0.05) is 0 Å². The third kappa shape index (κ3) is 3.59. The molecule has 7 nitrogen and oxygen atoms in total. The van der Waals surface area contributed by atoms with Crippen LogP contribution in [0.4, 0.5) is 5.82 Å². The quantitative estimate of drug-likeness (QED) is 0.766. The lowest BCUT2D eigenvalue weighted by molar-refractivity contribution is 0.281. The first-order valence-corrected chi connectivity index (χ1v) is 11.3. The molecule has 2 atom stereocenters. The lowest BCUT2D eigenvalue weighted by atomic mass is 9.81. The van der Waals surface area contributed by atoms with E-state index in [0.717, 1.165) is 49.0 Å². The number of aromatic nitrogens is 3. The summed E-state index contributed by atoms with van der Waals surface area (Å²) in [5.74, 6) is 1.81. The summed E-state index contributed by atoms with van der Waals surface area (Å²) in [6, 6.07) is 2.32. The van der Waals surface area contributed by atoms with Crippen molar-refractivity contribution in [2.45, 2.75) is 43.4 Å². The van der Waals surface area contributed by atoms with Crippen LogP contribution in [0.1, 0.15) is 32.1 Å². The van der Waals surface area contributed by atoms with Crippen molar-refractivity contribution in [1.29, 1.82) is 0 Å². The number of sulfone groups is 1. The number of anilines is 1. The summed E-state index contributed by atoms with van der Waals surface area (Å²) < 4.78 is 25.6. The number of H-pyrrole nitrogens is 1. The molecule has 2 aliphatic carbocycles. The molecule has 4 rings (SSSR count). The van der Waals surface area contributed by atoms with E-state index in [9.17, 15) is 8.42 Å². The van der Waals surface area contributed by atoms with E-state index in [2.05, 4.69) is 24.8 Å². The summed E-state index contributed by atoms with van der Waals surface area (Å²) in [6.07, 6.45) is 9.61. The molecule has 0 aromatic carbocycles. The zero-order valence-electron chi connectivity index (χ0n) is 15.9. The summed E-state index contributed by atoms with van der Waals surface area (Å²) in [4.78, 5) is 18.0. The van der Waals surface area contributed by atoms with E-state index in [0.29, 0.717) is 17.7 Å². The Bertz CT molecular complexity index is 932. The van der Waals surface area contributed by atoms with Gasteiger partial charge in [0.2, 0.25) is 0 Å². The Morgan fingerprint density at radius 1 is 1.30 bits per heavy atom. The van der Waals surface area contributed by atoms with Crippen LogP contribution in [0.3, 0.4) is 0 Å². The molecule has 2 heterocycles. The van der Waals surface area contributed by atoms with Crippen LogP contribution in [0.15, 0.2) is 23.6 Å². The number of rotatable bonds is 6. The second-order valence-electron chi connectivity index (χ2n) is 7.97. The monoisotopic (exact) mass is 389 g/mol. The van der Waals surface area contributed by atoms with E-state index in [1.54, 1.807) is 13.4 Å². The molecular formula is C19H27N5O2S. The first-order valence-electron chi connectivity index (χ1n) is 9.62. The topological polar surface area (TPSA) is 91.3 Å². The van der Waals surface area contributed by atoms with Crippen LogP contribution in [-0.2, 0) is 9.84 Å². The molecule has 0 amide bonds. The number of nitrogens with zero attached hydrogens (tertiary/aromatic N) is 4. The van der Waals surface area contributed by atoms with Crippen molar-refractivity contribution in [1.82, 2.24) is 15.0 Å². The summed E-state index contributed by atoms with van der Waals surface area (Å²) in [7, 11) is 0.772. The highest BCUT2D eigenvalue weighted by molar-refractivity contribution is 7.92. The van der Waals surface area contributed by atoms with Crippen molar-refractivity contribution in [2.75, 3.05) is 24.7 Å². The smallest absolute Gasteiger partial charge is 0.153 e.